The third-order valence-electron chi connectivity index (χ3n) is 6.75. The number of carbonyl (C=O) groups excluding carboxylic acids is 2. The number of hydrogen-bond donors (Lipinski definition) is 3. The van der Waals surface area contributed by atoms with E-state index in [1.165, 1.54) is 6.08 Å². The predicted molar refractivity (Wildman–Crippen MR) is 134 cm³/mol. The van der Waals surface area contributed by atoms with Gasteiger partial charge in [0.1, 0.15) is 12.6 Å². The van der Waals surface area contributed by atoms with Crippen molar-refractivity contribution >= 4 is 34.3 Å². The number of Topliss-reactive ketones (excluding diaryl/α,β-unsaturated/α-hetero) is 1. The number of amides is 1. The van der Waals surface area contributed by atoms with Crippen LogP contribution in [-0.4, -0.2) is 45.6 Å². The fraction of sp³-hybridized carbons (Fsp3) is 0.296. The van der Waals surface area contributed by atoms with Gasteiger partial charge in [-0.25, -0.2) is 8.78 Å². The molecule has 2 atom stereocenters. The van der Waals surface area contributed by atoms with Crippen molar-refractivity contribution in [1.29, 1.82) is 0 Å². The van der Waals surface area contributed by atoms with Crippen LogP contribution in [0.25, 0.3) is 16.6 Å². The number of nitrogens with one attached hydrogen (secondary N) is 2. The van der Waals surface area contributed by atoms with Gasteiger partial charge in [0.2, 0.25) is 11.6 Å². The minimum atomic E-state index is -1.87. The number of hydrogen-bond acceptors (Lipinski definition) is 6. The van der Waals surface area contributed by atoms with Crippen molar-refractivity contribution in [3.8, 4) is 5.75 Å². The zero-order chi connectivity index (χ0) is 29.4. The van der Waals surface area contributed by atoms with Crippen LogP contribution in [0.2, 0.25) is 0 Å². The Kier molecular flexibility index (Phi) is 7.87. The number of para-hydroxylation sites is 1. The van der Waals surface area contributed by atoms with Crippen LogP contribution in [0.3, 0.4) is 0 Å². The maximum atomic E-state index is 13.9. The molecule has 3 aromatic rings. The summed E-state index contributed by atoms with van der Waals surface area (Å²) < 4.78 is 61.3. The van der Waals surface area contributed by atoms with E-state index in [0.29, 0.717) is 5.70 Å². The predicted octanol–water partition coefficient (Wildman–Crippen LogP) is 3.68. The highest BCUT2D eigenvalue weighted by Gasteiger charge is 2.44. The van der Waals surface area contributed by atoms with Gasteiger partial charge >= 0.3 is 5.97 Å². The molecule has 0 aliphatic carbocycles. The third kappa shape index (κ3) is 5.11. The van der Waals surface area contributed by atoms with Crippen LogP contribution in [0.4, 0.5) is 17.6 Å². The molecule has 1 aliphatic heterocycles. The summed E-state index contributed by atoms with van der Waals surface area (Å²) in [7, 11) is 1.84. The Morgan fingerprint density at radius 1 is 1.15 bits per heavy atom. The lowest BCUT2D eigenvalue weighted by Gasteiger charge is -2.25. The molecule has 0 spiro atoms. The molecule has 0 radical (unpaired) electrons. The summed E-state index contributed by atoms with van der Waals surface area (Å²) >= 11 is 0. The Morgan fingerprint density at radius 2 is 1.80 bits per heavy atom. The number of ether oxygens (including phenoxy) is 1. The minimum absolute atomic E-state index is 0.0338. The average Bonchev–Trinajstić information content (AvgIpc) is 3.46. The molecule has 1 aromatic heterocycles. The molecular weight excluding hydrogens is 538 g/mol. The second-order valence-corrected chi connectivity index (χ2v) is 9.23. The Labute approximate surface area is 225 Å². The van der Waals surface area contributed by atoms with Crippen molar-refractivity contribution in [3.05, 3.63) is 70.9 Å². The molecule has 40 heavy (non-hydrogen) atoms. The van der Waals surface area contributed by atoms with Gasteiger partial charge in [0.05, 0.1) is 17.8 Å². The highest BCUT2D eigenvalue weighted by molar-refractivity contribution is 5.98. The number of hydroxylamine groups is 1. The molecular formula is C27H25F4N3O6. The van der Waals surface area contributed by atoms with Gasteiger partial charge in [-0.05, 0) is 31.1 Å². The number of fused-ring (bicyclic) bond motifs is 1. The van der Waals surface area contributed by atoms with Gasteiger partial charge in [-0.15, -0.1) is 0 Å². The summed E-state index contributed by atoms with van der Waals surface area (Å²) in [6.45, 7) is 2.35. The van der Waals surface area contributed by atoms with Crippen LogP contribution in [0.5, 0.6) is 5.75 Å². The van der Waals surface area contributed by atoms with Crippen LogP contribution < -0.4 is 15.5 Å². The van der Waals surface area contributed by atoms with Gasteiger partial charge in [-0.3, -0.25) is 24.7 Å². The lowest BCUT2D eigenvalue weighted by atomic mass is 9.96. The Balaban J connectivity index is 1.57. The van der Waals surface area contributed by atoms with E-state index in [2.05, 4.69) is 15.5 Å². The second-order valence-electron chi connectivity index (χ2n) is 9.23. The van der Waals surface area contributed by atoms with Crippen LogP contribution in [0.1, 0.15) is 31.0 Å². The Morgan fingerprint density at radius 3 is 2.40 bits per heavy atom. The molecule has 0 bridgehead atoms. The molecule has 1 aliphatic rings. The first-order chi connectivity index (χ1) is 18.9. The molecule has 1 unspecified atom stereocenters. The molecule has 3 N–H and O–H groups in total. The number of benzene rings is 2. The van der Waals surface area contributed by atoms with Crippen LogP contribution >= 0.6 is 0 Å². The number of aryl methyl sites for hydroxylation is 2. The number of aliphatic carboxylic acids is 1. The SMILES string of the molecule is CCC1(C(=O)N[C@@H](CC(=O)O)C(=O)COc2c(F)c(F)cc(F)c2F)C=C(c2c(C)c3ccccc3n2C)NO1. The topological polar surface area (TPSA) is 119 Å². The maximum absolute atomic E-state index is 13.9. The van der Waals surface area contributed by atoms with Gasteiger partial charge in [-0.1, -0.05) is 25.1 Å². The number of carboxylic acid groups (broad SMARTS) is 1. The Hall–Kier alpha value is -4.39. The summed E-state index contributed by atoms with van der Waals surface area (Å²) in [6.07, 6.45) is 0.674. The molecule has 0 fully saturated rings. The number of rotatable bonds is 10. The van der Waals surface area contributed by atoms with Crippen molar-refractivity contribution in [3.63, 3.8) is 0 Å². The van der Waals surface area contributed by atoms with Crippen molar-refractivity contribution in [2.75, 3.05) is 6.61 Å². The smallest absolute Gasteiger partial charge is 0.305 e. The van der Waals surface area contributed by atoms with E-state index in [1.54, 1.807) is 6.92 Å². The van der Waals surface area contributed by atoms with Crippen molar-refractivity contribution in [2.24, 2.45) is 7.05 Å². The van der Waals surface area contributed by atoms with Crippen LogP contribution in [0, 0.1) is 30.2 Å². The van der Waals surface area contributed by atoms with Crippen molar-refractivity contribution in [1.82, 2.24) is 15.4 Å². The highest BCUT2D eigenvalue weighted by Crippen LogP contribution is 2.34. The lowest BCUT2D eigenvalue weighted by molar-refractivity contribution is -0.148. The normalized spacial score (nSPS) is 17.3. The molecule has 2 heterocycles. The van der Waals surface area contributed by atoms with E-state index in [0.717, 1.165) is 22.2 Å². The second kappa shape index (κ2) is 11.0. The molecule has 0 saturated carbocycles. The van der Waals surface area contributed by atoms with E-state index in [9.17, 15) is 37.1 Å². The molecule has 2 aromatic carbocycles. The number of carbonyl (C=O) groups is 3. The average molecular weight is 564 g/mol. The maximum Gasteiger partial charge on any atom is 0.305 e. The van der Waals surface area contributed by atoms with Gasteiger partial charge < -0.3 is 19.7 Å². The van der Waals surface area contributed by atoms with Crippen LogP contribution in [-0.2, 0) is 26.3 Å². The van der Waals surface area contributed by atoms with Crippen LogP contribution in [0.15, 0.2) is 36.4 Å². The molecule has 13 heteroatoms. The summed E-state index contributed by atoms with van der Waals surface area (Å²) in [5.74, 6) is -12.2. The fourth-order valence-electron chi connectivity index (χ4n) is 4.59. The molecule has 9 nitrogen and oxygen atoms in total. The summed E-state index contributed by atoms with van der Waals surface area (Å²) in [5, 5.41) is 12.6. The minimum Gasteiger partial charge on any atom is -0.481 e. The first kappa shape index (κ1) is 28.6. The molecule has 0 saturated heterocycles. The quantitative estimate of drug-likeness (QED) is 0.254. The van der Waals surface area contributed by atoms with E-state index < -0.39 is 71.3 Å². The van der Waals surface area contributed by atoms with Gasteiger partial charge in [-0.2, -0.15) is 8.78 Å². The van der Waals surface area contributed by atoms with E-state index in [4.69, 9.17) is 4.84 Å². The molecule has 4 rings (SSSR count). The zero-order valence-electron chi connectivity index (χ0n) is 21.6. The van der Waals surface area contributed by atoms with E-state index in [-0.39, 0.29) is 12.5 Å². The molecule has 212 valence electrons. The summed E-state index contributed by atoms with van der Waals surface area (Å²) in [6, 6.07) is 5.91. The number of nitrogens with zero attached hydrogens (tertiary/aromatic N) is 1. The zero-order valence-corrected chi connectivity index (χ0v) is 21.6. The van der Waals surface area contributed by atoms with Crippen molar-refractivity contribution < 1.29 is 46.6 Å². The monoisotopic (exact) mass is 563 g/mol. The molecule has 1 amide bonds. The lowest BCUT2D eigenvalue weighted by Crippen LogP contribution is -2.53. The fourth-order valence-corrected chi connectivity index (χ4v) is 4.59. The first-order valence-electron chi connectivity index (χ1n) is 12.1. The Bertz CT molecular complexity index is 1490. The van der Waals surface area contributed by atoms with E-state index in [1.807, 2.05) is 42.8 Å². The van der Waals surface area contributed by atoms with Gasteiger partial charge in [0, 0.05) is 24.0 Å². The third-order valence-corrected chi connectivity index (χ3v) is 6.75. The first-order valence-corrected chi connectivity index (χ1v) is 12.1. The largest absolute Gasteiger partial charge is 0.481 e. The van der Waals surface area contributed by atoms with Gasteiger partial charge in [0.25, 0.3) is 5.91 Å². The number of halogens is 4. The van der Waals surface area contributed by atoms with E-state index >= 15 is 0 Å². The number of carboxylic acids is 1. The van der Waals surface area contributed by atoms with Crippen molar-refractivity contribution in [2.45, 2.75) is 38.3 Å². The number of aromatic nitrogens is 1. The summed E-state index contributed by atoms with van der Waals surface area (Å²) in [5.41, 5.74) is 4.16. The number of ketones is 1. The highest BCUT2D eigenvalue weighted by atomic mass is 19.2. The standard InChI is InChI=1S/C27H25F4N3O6/c1-4-27(11-18(33-40-27)24-13(2)14-7-5-6-8-19(14)34(24)3)26(38)32-17(10-21(36)37)20(35)12-39-25-22(30)15(28)9-16(29)23(25)31/h5-9,11,17,33H,4,10,12H2,1-3H3,(H,32,38)(H,36,37)/t17-,27?/m0/s1. The summed E-state index contributed by atoms with van der Waals surface area (Å²) in [4.78, 5) is 43.2. The van der Waals surface area contributed by atoms with Gasteiger partial charge in [0.15, 0.2) is 28.8 Å².